The molecule has 1 aliphatic rings. The van der Waals surface area contributed by atoms with Crippen LogP contribution in [-0.4, -0.2) is 6.29 Å². The molecule has 0 aromatic heterocycles. The molecule has 1 aromatic carbocycles. The van der Waals surface area contributed by atoms with Gasteiger partial charge in [-0.2, -0.15) is 0 Å². The molecular weight excluding hydrogens is 220 g/mol. The van der Waals surface area contributed by atoms with Crippen molar-refractivity contribution < 1.29 is 4.79 Å². The Labute approximate surface area is 100 Å². The van der Waals surface area contributed by atoms with Crippen molar-refractivity contribution in [2.75, 3.05) is 0 Å². The lowest BCUT2D eigenvalue weighted by Crippen LogP contribution is -2.01. The fraction of sp³-hybridized carbons (Fsp3) is 0.214. The molecular formula is C14H13ClO. The maximum atomic E-state index is 10.6. The van der Waals surface area contributed by atoms with Crippen molar-refractivity contribution in [3.63, 3.8) is 0 Å². The molecule has 2 heteroatoms. The van der Waals surface area contributed by atoms with Crippen molar-refractivity contribution in [3.8, 4) is 0 Å². The smallest absolute Gasteiger partial charge is 0.145 e. The van der Waals surface area contributed by atoms with Crippen molar-refractivity contribution in [2.45, 2.75) is 19.8 Å². The maximum absolute atomic E-state index is 10.6. The van der Waals surface area contributed by atoms with Crippen LogP contribution in [0, 0.1) is 0 Å². The number of allylic oxidation sites excluding steroid dienone is 3. The predicted molar refractivity (Wildman–Crippen MR) is 67.4 cm³/mol. The van der Waals surface area contributed by atoms with Gasteiger partial charge in [-0.1, -0.05) is 41.9 Å². The number of carbonyl (C=O) groups excluding carboxylic acids is 1. The lowest BCUT2D eigenvalue weighted by molar-refractivity contribution is -0.104. The molecule has 0 fully saturated rings. The van der Waals surface area contributed by atoms with E-state index in [4.69, 9.17) is 11.6 Å². The molecule has 0 atom stereocenters. The van der Waals surface area contributed by atoms with E-state index in [1.54, 1.807) is 6.92 Å². The Balaban J connectivity index is 2.47. The van der Waals surface area contributed by atoms with E-state index in [1.807, 2.05) is 24.3 Å². The van der Waals surface area contributed by atoms with Crippen molar-refractivity contribution in [1.29, 1.82) is 0 Å². The van der Waals surface area contributed by atoms with Gasteiger partial charge in [0.15, 0.2) is 0 Å². The van der Waals surface area contributed by atoms with Crippen LogP contribution in [0.3, 0.4) is 0 Å². The van der Waals surface area contributed by atoms with Crippen LogP contribution in [0.4, 0.5) is 0 Å². The van der Waals surface area contributed by atoms with Gasteiger partial charge in [0.1, 0.15) is 6.29 Å². The zero-order chi connectivity index (χ0) is 11.5. The van der Waals surface area contributed by atoms with Gasteiger partial charge < -0.3 is 0 Å². The fourth-order valence-electron chi connectivity index (χ4n) is 1.95. The number of aryl methyl sites for hydroxylation is 1. The van der Waals surface area contributed by atoms with Crippen molar-refractivity contribution >= 4 is 22.9 Å². The van der Waals surface area contributed by atoms with E-state index < -0.39 is 0 Å². The third-order valence-electron chi connectivity index (χ3n) is 2.79. The first-order valence-corrected chi connectivity index (χ1v) is 5.70. The van der Waals surface area contributed by atoms with Gasteiger partial charge in [-0.05, 0) is 42.0 Å². The van der Waals surface area contributed by atoms with Crippen LogP contribution in [0.15, 0.2) is 41.5 Å². The summed E-state index contributed by atoms with van der Waals surface area (Å²) in [5, 5.41) is 0.781. The van der Waals surface area contributed by atoms with Crippen LogP contribution in [-0.2, 0) is 11.2 Å². The summed E-state index contributed by atoms with van der Waals surface area (Å²) in [6.45, 7) is 1.80. The summed E-state index contributed by atoms with van der Waals surface area (Å²) in [7, 11) is 0. The topological polar surface area (TPSA) is 17.1 Å². The van der Waals surface area contributed by atoms with Gasteiger partial charge in [-0.15, -0.1) is 0 Å². The number of halogens is 1. The molecule has 0 aliphatic heterocycles. The van der Waals surface area contributed by atoms with E-state index in [2.05, 4.69) is 6.07 Å². The highest BCUT2D eigenvalue weighted by Gasteiger charge is 2.15. The van der Waals surface area contributed by atoms with Gasteiger partial charge in [0.05, 0.1) is 5.03 Å². The van der Waals surface area contributed by atoms with Crippen molar-refractivity contribution in [1.82, 2.24) is 0 Å². The zero-order valence-corrected chi connectivity index (χ0v) is 9.92. The van der Waals surface area contributed by atoms with Crippen molar-refractivity contribution in [2.24, 2.45) is 0 Å². The predicted octanol–water partition coefficient (Wildman–Crippen LogP) is 3.73. The minimum atomic E-state index is 0.715. The van der Waals surface area contributed by atoms with Crippen LogP contribution in [0.25, 0.3) is 5.03 Å². The third kappa shape index (κ3) is 2.10. The Hall–Kier alpha value is -1.34. The molecule has 0 amide bonds. The van der Waals surface area contributed by atoms with Gasteiger partial charge in [-0.25, -0.2) is 0 Å². The highest BCUT2D eigenvalue weighted by molar-refractivity contribution is 6.49. The molecule has 0 heterocycles. The number of hydrogen-bond acceptors (Lipinski definition) is 1. The number of fused-ring (bicyclic) bond motifs is 1. The molecule has 16 heavy (non-hydrogen) atoms. The molecule has 0 spiro atoms. The number of hydrogen-bond donors (Lipinski definition) is 0. The van der Waals surface area contributed by atoms with E-state index in [-0.39, 0.29) is 0 Å². The first-order valence-electron chi connectivity index (χ1n) is 5.33. The Morgan fingerprint density at radius 2 is 2.06 bits per heavy atom. The Kier molecular flexibility index (Phi) is 3.25. The van der Waals surface area contributed by atoms with E-state index in [0.717, 1.165) is 35.3 Å². The minimum Gasteiger partial charge on any atom is -0.298 e. The quantitative estimate of drug-likeness (QED) is 0.561. The third-order valence-corrected chi connectivity index (χ3v) is 3.23. The fourth-order valence-corrected chi connectivity index (χ4v) is 2.28. The second-order valence-corrected chi connectivity index (χ2v) is 4.38. The molecule has 0 saturated carbocycles. The number of benzene rings is 1. The highest BCUT2D eigenvalue weighted by atomic mass is 35.5. The molecule has 1 aromatic rings. The van der Waals surface area contributed by atoms with Gasteiger partial charge >= 0.3 is 0 Å². The molecule has 0 unspecified atom stereocenters. The summed E-state index contributed by atoms with van der Waals surface area (Å²) in [6, 6.07) is 8.15. The molecule has 0 bridgehead atoms. The van der Waals surface area contributed by atoms with Gasteiger partial charge in [-0.3, -0.25) is 4.79 Å². The molecule has 1 nitrogen and oxygen atoms in total. The standard InChI is InChI=1S/C14H13ClO/c1-10(9-16)8-12-7-6-11-4-2-3-5-13(11)14(12)15/h2-5,8-9H,6-7H2,1H3. The second kappa shape index (κ2) is 4.67. The van der Waals surface area contributed by atoms with Crippen molar-refractivity contribution in [3.05, 3.63) is 52.6 Å². The molecule has 1 aliphatic carbocycles. The van der Waals surface area contributed by atoms with Crippen LogP contribution in [0.2, 0.25) is 0 Å². The summed E-state index contributed by atoms with van der Waals surface area (Å²) >= 11 is 6.33. The van der Waals surface area contributed by atoms with Gasteiger partial charge in [0, 0.05) is 0 Å². The molecule has 0 radical (unpaired) electrons. The lowest BCUT2D eigenvalue weighted by Gasteiger charge is -2.17. The summed E-state index contributed by atoms with van der Waals surface area (Å²) in [6.07, 6.45) is 4.63. The lowest BCUT2D eigenvalue weighted by atomic mass is 9.91. The van der Waals surface area contributed by atoms with Crippen LogP contribution in [0.5, 0.6) is 0 Å². The van der Waals surface area contributed by atoms with E-state index in [0.29, 0.717) is 5.57 Å². The first-order chi connectivity index (χ1) is 7.72. The SMILES string of the molecule is CC(C=O)=CC1=C(Cl)c2ccccc2CC1. The normalized spacial score (nSPS) is 16.0. The monoisotopic (exact) mass is 232 g/mol. The molecule has 82 valence electrons. The summed E-state index contributed by atoms with van der Waals surface area (Å²) in [5.41, 5.74) is 4.16. The summed E-state index contributed by atoms with van der Waals surface area (Å²) < 4.78 is 0. The minimum absolute atomic E-state index is 0.715. The molecule has 0 N–H and O–H groups in total. The largest absolute Gasteiger partial charge is 0.298 e. The first kappa shape index (κ1) is 11.2. The zero-order valence-electron chi connectivity index (χ0n) is 9.16. The Morgan fingerprint density at radius 3 is 2.81 bits per heavy atom. The van der Waals surface area contributed by atoms with E-state index in [1.165, 1.54) is 5.56 Å². The summed E-state index contributed by atoms with van der Waals surface area (Å²) in [5.74, 6) is 0. The maximum Gasteiger partial charge on any atom is 0.145 e. The van der Waals surface area contributed by atoms with Gasteiger partial charge in [0.25, 0.3) is 0 Å². The van der Waals surface area contributed by atoms with Crippen LogP contribution in [0.1, 0.15) is 24.5 Å². The number of aldehydes is 1. The Morgan fingerprint density at radius 1 is 1.31 bits per heavy atom. The van der Waals surface area contributed by atoms with Crippen LogP contribution >= 0.6 is 11.6 Å². The second-order valence-electron chi connectivity index (χ2n) is 4.00. The van der Waals surface area contributed by atoms with Crippen LogP contribution < -0.4 is 0 Å². The van der Waals surface area contributed by atoms with E-state index in [9.17, 15) is 4.79 Å². The Bertz CT molecular complexity index is 483. The average molecular weight is 233 g/mol. The van der Waals surface area contributed by atoms with E-state index >= 15 is 0 Å². The average Bonchev–Trinajstić information content (AvgIpc) is 2.33. The van der Waals surface area contributed by atoms with Gasteiger partial charge in [0.2, 0.25) is 0 Å². The number of carbonyl (C=O) groups is 1. The molecule has 2 rings (SSSR count). The summed E-state index contributed by atoms with van der Waals surface area (Å²) in [4.78, 5) is 10.6. The highest BCUT2D eigenvalue weighted by Crippen LogP contribution is 2.34. The molecule has 0 saturated heterocycles. The number of rotatable bonds is 2.